The second-order valence-corrected chi connectivity index (χ2v) is 4.36. The van der Waals surface area contributed by atoms with E-state index in [0.29, 0.717) is 6.29 Å². The van der Waals surface area contributed by atoms with Crippen molar-refractivity contribution < 1.29 is 23.9 Å². The van der Waals surface area contributed by atoms with Gasteiger partial charge in [0.1, 0.15) is 18.6 Å². The summed E-state index contributed by atoms with van der Waals surface area (Å²) in [6.45, 7) is 3.60. The van der Waals surface area contributed by atoms with Crippen LogP contribution in [-0.4, -0.2) is 48.0 Å². The number of amides is 1. The van der Waals surface area contributed by atoms with E-state index in [1.165, 1.54) is 18.1 Å². The van der Waals surface area contributed by atoms with E-state index in [1.807, 2.05) is 0 Å². The second-order valence-electron chi connectivity index (χ2n) is 4.36. The van der Waals surface area contributed by atoms with Crippen LogP contribution in [0, 0.1) is 0 Å². The quantitative estimate of drug-likeness (QED) is 0.299. The number of hydrogen-bond donors (Lipinski definition) is 0. The molecule has 0 aliphatic carbocycles. The van der Waals surface area contributed by atoms with Gasteiger partial charge in [0.2, 0.25) is 5.91 Å². The lowest BCUT2D eigenvalue weighted by atomic mass is 9.84. The fraction of sp³-hybridized carbons (Fsp3) is 0.583. The van der Waals surface area contributed by atoms with E-state index in [-0.39, 0.29) is 25.2 Å². The molecule has 0 bridgehead atoms. The first-order valence-corrected chi connectivity index (χ1v) is 5.72. The maximum Gasteiger partial charge on any atom is 0.334 e. The molecule has 1 amide bonds. The van der Waals surface area contributed by atoms with E-state index in [1.54, 1.807) is 0 Å². The van der Waals surface area contributed by atoms with Crippen LogP contribution in [-0.2, 0) is 23.9 Å². The predicted molar refractivity (Wildman–Crippen MR) is 60.4 cm³/mol. The van der Waals surface area contributed by atoms with Gasteiger partial charge in [-0.05, 0) is 0 Å². The van der Waals surface area contributed by atoms with Gasteiger partial charge < -0.3 is 14.3 Å². The lowest BCUT2D eigenvalue weighted by Crippen LogP contribution is -2.65. The number of carbonyl (C=O) groups is 3. The highest BCUT2D eigenvalue weighted by Gasteiger charge is 2.65. The number of fused-ring (bicyclic) bond motifs is 1. The molecule has 98 valence electrons. The Morgan fingerprint density at radius 3 is 2.94 bits per heavy atom. The molecule has 2 rings (SSSR count). The molecule has 2 saturated heterocycles. The monoisotopic (exact) mass is 253 g/mol. The lowest BCUT2D eigenvalue weighted by Gasteiger charge is -2.43. The molecule has 2 aliphatic rings. The van der Waals surface area contributed by atoms with Gasteiger partial charge in [-0.25, -0.2) is 4.79 Å². The van der Waals surface area contributed by atoms with Crippen molar-refractivity contribution >= 4 is 18.2 Å². The number of hydrogen-bond acceptors (Lipinski definition) is 5. The van der Waals surface area contributed by atoms with Crippen molar-refractivity contribution in [3.63, 3.8) is 0 Å². The number of rotatable bonds is 5. The molecular formula is C12H15NO5. The third kappa shape index (κ3) is 1.49. The molecule has 2 aliphatic heterocycles. The Bertz CT molecular complexity index is 407. The van der Waals surface area contributed by atoms with Crippen molar-refractivity contribution in [2.45, 2.75) is 37.1 Å². The maximum atomic E-state index is 12.1. The van der Waals surface area contributed by atoms with Crippen LogP contribution in [0.1, 0.15) is 19.3 Å². The number of nitrogens with zero attached hydrogens (tertiary/aromatic N) is 1. The van der Waals surface area contributed by atoms with Crippen molar-refractivity contribution in [3.05, 3.63) is 12.7 Å². The Morgan fingerprint density at radius 2 is 2.44 bits per heavy atom. The molecule has 18 heavy (non-hydrogen) atoms. The Kier molecular flexibility index (Phi) is 3.21. The van der Waals surface area contributed by atoms with Crippen LogP contribution in [0.3, 0.4) is 0 Å². The highest BCUT2D eigenvalue weighted by Crippen LogP contribution is 2.45. The summed E-state index contributed by atoms with van der Waals surface area (Å²) in [7, 11) is 1.25. The lowest BCUT2D eigenvalue weighted by molar-refractivity contribution is -0.172. The van der Waals surface area contributed by atoms with Crippen LogP contribution in [0.25, 0.3) is 0 Å². The molecule has 0 aromatic rings. The first-order chi connectivity index (χ1) is 8.61. The van der Waals surface area contributed by atoms with Gasteiger partial charge >= 0.3 is 5.97 Å². The molecule has 6 nitrogen and oxygen atoms in total. The summed E-state index contributed by atoms with van der Waals surface area (Å²) in [5, 5.41) is 0. The summed E-state index contributed by atoms with van der Waals surface area (Å²) < 4.78 is 10.4. The highest BCUT2D eigenvalue weighted by atomic mass is 16.6. The molecule has 0 spiro atoms. The first kappa shape index (κ1) is 12.8. The fourth-order valence-corrected chi connectivity index (χ4v) is 2.71. The smallest absolute Gasteiger partial charge is 0.334 e. The molecule has 0 radical (unpaired) electrons. The molecular weight excluding hydrogens is 238 g/mol. The van der Waals surface area contributed by atoms with E-state index in [0.717, 1.165) is 0 Å². The molecule has 0 saturated carbocycles. The van der Waals surface area contributed by atoms with Crippen LogP contribution in [0.5, 0.6) is 0 Å². The standard InChI is InChI=1S/C12H15NO5/c1-3-5-12(11(16)17-2)8(4-6-14)18-10-7-9(15)13(10)12/h3,6,8,10H,1,4-5,7H2,2H3/t8?,10-,12?/m1/s1. The SMILES string of the molecule is C=CCC1(C(=O)OC)C(CC=O)O[C@@H]2CC(=O)N21. The highest BCUT2D eigenvalue weighted by molar-refractivity contribution is 5.93. The third-order valence-corrected chi connectivity index (χ3v) is 3.49. The summed E-state index contributed by atoms with van der Waals surface area (Å²) in [4.78, 5) is 35.9. The average Bonchev–Trinajstić information content (AvgIpc) is 2.59. The maximum absolute atomic E-state index is 12.1. The Labute approximate surface area is 105 Å². The van der Waals surface area contributed by atoms with Crippen molar-refractivity contribution in [2.75, 3.05) is 7.11 Å². The van der Waals surface area contributed by atoms with Crippen molar-refractivity contribution in [1.82, 2.24) is 4.90 Å². The summed E-state index contributed by atoms with van der Waals surface area (Å²) in [6.07, 6.45) is 1.61. The van der Waals surface area contributed by atoms with Crippen LogP contribution >= 0.6 is 0 Å². The predicted octanol–water partition coefficient (Wildman–Crippen LogP) is 0.0205. The Balaban J connectivity index is 2.41. The van der Waals surface area contributed by atoms with E-state index in [4.69, 9.17) is 9.47 Å². The van der Waals surface area contributed by atoms with Crippen molar-refractivity contribution in [2.24, 2.45) is 0 Å². The minimum Gasteiger partial charge on any atom is -0.467 e. The van der Waals surface area contributed by atoms with Gasteiger partial charge in [0, 0.05) is 12.8 Å². The van der Waals surface area contributed by atoms with Gasteiger partial charge in [-0.2, -0.15) is 0 Å². The third-order valence-electron chi connectivity index (χ3n) is 3.49. The summed E-state index contributed by atoms with van der Waals surface area (Å²) in [6, 6.07) is 0. The van der Waals surface area contributed by atoms with Gasteiger partial charge in [-0.15, -0.1) is 6.58 Å². The second kappa shape index (κ2) is 4.53. The number of carbonyl (C=O) groups excluding carboxylic acids is 3. The zero-order chi connectivity index (χ0) is 13.3. The molecule has 0 N–H and O–H groups in total. The summed E-state index contributed by atoms with van der Waals surface area (Å²) >= 11 is 0. The van der Waals surface area contributed by atoms with Crippen molar-refractivity contribution in [1.29, 1.82) is 0 Å². The van der Waals surface area contributed by atoms with Crippen LogP contribution in [0.4, 0.5) is 0 Å². The van der Waals surface area contributed by atoms with Crippen LogP contribution in [0.2, 0.25) is 0 Å². The Hall–Kier alpha value is -1.69. The van der Waals surface area contributed by atoms with E-state index in [9.17, 15) is 14.4 Å². The number of aldehydes is 1. The molecule has 0 aromatic heterocycles. The minimum absolute atomic E-state index is 0.0449. The Morgan fingerprint density at radius 1 is 1.72 bits per heavy atom. The topological polar surface area (TPSA) is 72.9 Å². The van der Waals surface area contributed by atoms with Crippen LogP contribution in [0.15, 0.2) is 12.7 Å². The van der Waals surface area contributed by atoms with Gasteiger partial charge in [0.05, 0.1) is 13.5 Å². The first-order valence-electron chi connectivity index (χ1n) is 5.72. The van der Waals surface area contributed by atoms with Gasteiger partial charge in [-0.1, -0.05) is 6.08 Å². The summed E-state index contributed by atoms with van der Waals surface area (Å²) in [5.41, 5.74) is -1.24. The number of esters is 1. The van der Waals surface area contributed by atoms with E-state index < -0.39 is 23.8 Å². The molecule has 0 aromatic carbocycles. The zero-order valence-electron chi connectivity index (χ0n) is 10.1. The van der Waals surface area contributed by atoms with Gasteiger partial charge in [0.25, 0.3) is 0 Å². The van der Waals surface area contributed by atoms with E-state index >= 15 is 0 Å². The van der Waals surface area contributed by atoms with Crippen LogP contribution < -0.4 is 0 Å². The molecule has 2 heterocycles. The molecule has 2 fully saturated rings. The average molecular weight is 253 g/mol. The normalized spacial score (nSPS) is 33.6. The molecule has 3 atom stereocenters. The van der Waals surface area contributed by atoms with Crippen molar-refractivity contribution in [3.8, 4) is 0 Å². The molecule has 6 heteroatoms. The van der Waals surface area contributed by atoms with Gasteiger partial charge in [0.15, 0.2) is 5.54 Å². The van der Waals surface area contributed by atoms with Gasteiger partial charge in [-0.3, -0.25) is 9.69 Å². The number of β-lactam (4-membered cyclic amide) rings is 1. The number of methoxy groups -OCH3 is 1. The molecule has 2 unspecified atom stereocenters. The summed E-state index contributed by atoms with van der Waals surface area (Å²) in [5.74, 6) is -0.731. The minimum atomic E-state index is -1.24. The largest absolute Gasteiger partial charge is 0.467 e. The zero-order valence-corrected chi connectivity index (χ0v) is 10.1. The number of ether oxygens (including phenoxy) is 2. The van der Waals surface area contributed by atoms with E-state index in [2.05, 4.69) is 6.58 Å². The fourth-order valence-electron chi connectivity index (χ4n) is 2.71.